The minimum atomic E-state index is 0.184. The first kappa shape index (κ1) is 15.0. The predicted molar refractivity (Wildman–Crippen MR) is 82.2 cm³/mol. The maximum Gasteiger partial charge on any atom is 0.0739 e. The third kappa shape index (κ3) is 3.03. The number of halogens is 1. The van der Waals surface area contributed by atoms with Crippen LogP contribution in [0.1, 0.15) is 38.6 Å². The van der Waals surface area contributed by atoms with Gasteiger partial charge in [-0.05, 0) is 43.1 Å². The molecule has 1 fully saturated rings. The Balaban J connectivity index is 2.19. The zero-order valence-electron chi connectivity index (χ0n) is 12.6. The van der Waals surface area contributed by atoms with Crippen LogP contribution in [0.15, 0.2) is 4.47 Å². The second-order valence-electron chi connectivity index (χ2n) is 6.15. The third-order valence-electron chi connectivity index (χ3n) is 4.22. The van der Waals surface area contributed by atoms with E-state index in [1.807, 2.05) is 18.7 Å². The van der Waals surface area contributed by atoms with E-state index in [0.717, 1.165) is 29.8 Å². The Bertz CT molecular complexity index is 453. The lowest BCUT2D eigenvalue weighted by Crippen LogP contribution is -2.61. The lowest BCUT2D eigenvalue weighted by molar-refractivity contribution is 0.0553. The molecule has 1 aliphatic rings. The second-order valence-corrected chi connectivity index (χ2v) is 6.94. The van der Waals surface area contributed by atoms with Crippen LogP contribution < -0.4 is 5.32 Å². The van der Waals surface area contributed by atoms with E-state index >= 15 is 0 Å². The van der Waals surface area contributed by atoms with Crippen molar-refractivity contribution in [3.8, 4) is 0 Å². The van der Waals surface area contributed by atoms with E-state index in [-0.39, 0.29) is 5.54 Å². The van der Waals surface area contributed by atoms with E-state index < -0.39 is 0 Å². The van der Waals surface area contributed by atoms with Gasteiger partial charge in [-0.2, -0.15) is 5.10 Å². The van der Waals surface area contributed by atoms with Gasteiger partial charge in [0.05, 0.1) is 15.9 Å². The van der Waals surface area contributed by atoms with Crippen LogP contribution in [-0.4, -0.2) is 39.4 Å². The highest BCUT2D eigenvalue weighted by Gasteiger charge is 2.34. The molecule has 1 atom stereocenters. The van der Waals surface area contributed by atoms with E-state index in [2.05, 4.69) is 52.0 Å². The third-order valence-corrected chi connectivity index (χ3v) is 5.25. The largest absolute Gasteiger partial charge is 0.311 e. The Kier molecular flexibility index (Phi) is 4.38. The molecule has 1 aromatic rings. The predicted octanol–water partition coefficient (Wildman–Crippen LogP) is 2.45. The molecule has 108 valence electrons. The molecule has 19 heavy (non-hydrogen) atoms. The zero-order valence-corrected chi connectivity index (χ0v) is 14.2. The molecule has 1 N–H and O–H groups in total. The Labute approximate surface area is 124 Å². The molecule has 1 saturated heterocycles. The number of piperazine rings is 1. The Morgan fingerprint density at radius 1 is 1.47 bits per heavy atom. The molecule has 0 bridgehead atoms. The summed E-state index contributed by atoms with van der Waals surface area (Å²) in [6.45, 7) is 12.0. The molecule has 1 unspecified atom stereocenters. The van der Waals surface area contributed by atoms with Crippen LogP contribution in [-0.2, 0) is 13.6 Å². The first-order valence-corrected chi connectivity index (χ1v) is 7.81. The van der Waals surface area contributed by atoms with E-state index in [4.69, 9.17) is 0 Å². The minimum absolute atomic E-state index is 0.184. The molecular formula is C14H25BrN4. The second kappa shape index (κ2) is 5.54. The highest BCUT2D eigenvalue weighted by molar-refractivity contribution is 9.10. The van der Waals surface area contributed by atoms with Crippen LogP contribution in [0.4, 0.5) is 0 Å². The fraction of sp³-hybridized carbons (Fsp3) is 0.786. The van der Waals surface area contributed by atoms with Gasteiger partial charge < -0.3 is 5.32 Å². The molecular weight excluding hydrogens is 304 g/mol. The maximum absolute atomic E-state index is 4.49. The first-order chi connectivity index (χ1) is 8.85. The number of rotatable bonds is 3. The molecule has 0 spiro atoms. The average molecular weight is 329 g/mol. The lowest BCUT2D eigenvalue weighted by atomic mass is 9.96. The number of hydrogen-bond acceptors (Lipinski definition) is 3. The van der Waals surface area contributed by atoms with Crippen molar-refractivity contribution in [2.24, 2.45) is 7.05 Å². The van der Waals surface area contributed by atoms with Gasteiger partial charge in [0.25, 0.3) is 0 Å². The zero-order chi connectivity index (χ0) is 14.2. The summed E-state index contributed by atoms with van der Waals surface area (Å²) in [5, 5.41) is 8.12. The molecule has 0 aromatic carbocycles. The van der Waals surface area contributed by atoms with E-state index in [1.165, 1.54) is 12.1 Å². The Morgan fingerprint density at radius 3 is 2.68 bits per heavy atom. The van der Waals surface area contributed by atoms with Gasteiger partial charge in [-0.15, -0.1) is 0 Å². The maximum atomic E-state index is 4.49. The SMILES string of the molecule is CCC1CN(Cc2c(Br)c(C)nn2C)C(C)(C)CN1. The number of nitrogens with one attached hydrogen (secondary N) is 1. The van der Waals surface area contributed by atoms with Gasteiger partial charge >= 0.3 is 0 Å². The Morgan fingerprint density at radius 2 is 2.16 bits per heavy atom. The number of nitrogens with zero attached hydrogens (tertiary/aromatic N) is 3. The van der Waals surface area contributed by atoms with E-state index in [1.54, 1.807) is 0 Å². The summed E-state index contributed by atoms with van der Waals surface area (Å²) in [6.07, 6.45) is 1.18. The quantitative estimate of drug-likeness (QED) is 0.925. The Hall–Kier alpha value is -0.390. The topological polar surface area (TPSA) is 33.1 Å². The van der Waals surface area contributed by atoms with Crippen molar-refractivity contribution >= 4 is 15.9 Å². The summed E-state index contributed by atoms with van der Waals surface area (Å²) in [6, 6.07) is 0.598. The fourth-order valence-electron chi connectivity index (χ4n) is 2.67. The number of aromatic nitrogens is 2. The van der Waals surface area contributed by atoms with E-state index in [0.29, 0.717) is 6.04 Å². The van der Waals surface area contributed by atoms with Crippen LogP contribution in [0.5, 0.6) is 0 Å². The molecule has 0 radical (unpaired) electrons. The van der Waals surface area contributed by atoms with Crippen molar-refractivity contribution in [3.05, 3.63) is 15.9 Å². The van der Waals surface area contributed by atoms with Gasteiger partial charge in [-0.25, -0.2) is 0 Å². The average Bonchev–Trinajstić information content (AvgIpc) is 2.58. The normalized spacial score (nSPS) is 23.8. The van der Waals surface area contributed by atoms with Crippen molar-refractivity contribution in [1.29, 1.82) is 0 Å². The van der Waals surface area contributed by atoms with Gasteiger partial charge in [0.2, 0.25) is 0 Å². The van der Waals surface area contributed by atoms with Crippen LogP contribution >= 0.6 is 15.9 Å². The van der Waals surface area contributed by atoms with Crippen LogP contribution in [0.3, 0.4) is 0 Å². The fourth-order valence-corrected chi connectivity index (χ4v) is 3.13. The smallest absolute Gasteiger partial charge is 0.0739 e. The molecule has 0 aliphatic carbocycles. The van der Waals surface area contributed by atoms with Gasteiger partial charge in [0, 0.05) is 38.3 Å². The summed E-state index contributed by atoms with van der Waals surface area (Å²) in [5.41, 5.74) is 2.52. The van der Waals surface area contributed by atoms with Crippen molar-refractivity contribution in [1.82, 2.24) is 20.0 Å². The van der Waals surface area contributed by atoms with Crippen LogP contribution in [0.2, 0.25) is 0 Å². The van der Waals surface area contributed by atoms with E-state index in [9.17, 15) is 0 Å². The van der Waals surface area contributed by atoms with Gasteiger partial charge in [0.1, 0.15) is 0 Å². The van der Waals surface area contributed by atoms with Crippen molar-refractivity contribution in [2.75, 3.05) is 13.1 Å². The molecule has 0 saturated carbocycles. The molecule has 2 heterocycles. The molecule has 5 heteroatoms. The number of hydrogen-bond donors (Lipinski definition) is 1. The summed E-state index contributed by atoms with van der Waals surface area (Å²) < 4.78 is 3.15. The monoisotopic (exact) mass is 328 g/mol. The van der Waals surface area contributed by atoms with Gasteiger partial charge in [-0.3, -0.25) is 9.58 Å². The van der Waals surface area contributed by atoms with Gasteiger partial charge in [0.15, 0.2) is 0 Å². The van der Waals surface area contributed by atoms with Gasteiger partial charge in [-0.1, -0.05) is 6.92 Å². The molecule has 0 amide bonds. The standard InChI is InChI=1S/C14H25BrN4/c1-6-11-7-19(14(3,4)9-16-11)8-12-13(15)10(2)17-18(12)5/h11,16H,6-9H2,1-5H3. The first-order valence-electron chi connectivity index (χ1n) is 7.01. The van der Waals surface area contributed by atoms with Crippen molar-refractivity contribution < 1.29 is 0 Å². The summed E-state index contributed by atoms with van der Waals surface area (Å²) >= 11 is 3.67. The highest BCUT2D eigenvalue weighted by Crippen LogP contribution is 2.27. The van der Waals surface area contributed by atoms with Crippen molar-refractivity contribution in [2.45, 2.75) is 52.2 Å². The summed E-state index contributed by atoms with van der Waals surface area (Å²) in [4.78, 5) is 2.57. The minimum Gasteiger partial charge on any atom is -0.311 e. The summed E-state index contributed by atoms with van der Waals surface area (Å²) in [5.74, 6) is 0. The molecule has 1 aliphatic heterocycles. The van der Waals surface area contributed by atoms with Crippen LogP contribution in [0.25, 0.3) is 0 Å². The summed E-state index contributed by atoms with van der Waals surface area (Å²) in [7, 11) is 2.03. The highest BCUT2D eigenvalue weighted by atomic mass is 79.9. The molecule has 2 rings (SSSR count). The molecule has 1 aromatic heterocycles. The lowest BCUT2D eigenvalue weighted by Gasteiger charge is -2.46. The van der Waals surface area contributed by atoms with Crippen LogP contribution in [0, 0.1) is 6.92 Å². The molecule has 4 nitrogen and oxygen atoms in total. The van der Waals surface area contributed by atoms with Crippen molar-refractivity contribution in [3.63, 3.8) is 0 Å². The number of aryl methyl sites for hydroxylation is 2.